The molecular formula is C65H58Cl2FNO11S. The van der Waals surface area contributed by atoms with E-state index >= 15 is 0 Å². The first-order valence-corrected chi connectivity index (χ1v) is 26.9. The third kappa shape index (κ3) is 16.2. The van der Waals surface area contributed by atoms with Crippen molar-refractivity contribution >= 4 is 81.0 Å². The highest BCUT2D eigenvalue weighted by Crippen LogP contribution is 2.32. The van der Waals surface area contributed by atoms with E-state index in [0.29, 0.717) is 82.6 Å². The molecule has 7 aromatic carbocycles. The predicted molar refractivity (Wildman–Crippen MR) is 315 cm³/mol. The molecule has 1 atom stereocenters. The van der Waals surface area contributed by atoms with Gasteiger partial charge in [-0.25, -0.2) is 9.18 Å². The lowest BCUT2D eigenvalue weighted by molar-refractivity contribution is -0.138. The summed E-state index contributed by atoms with van der Waals surface area (Å²) in [6.07, 6.45) is 0.698. The molecule has 0 aliphatic heterocycles. The van der Waals surface area contributed by atoms with Crippen molar-refractivity contribution in [2.75, 3.05) is 7.11 Å². The number of thiophene rings is 1. The third-order valence-corrected chi connectivity index (χ3v) is 14.9. The molecule has 16 heteroatoms. The third-order valence-electron chi connectivity index (χ3n) is 13.4. The number of aromatic carboxylic acids is 1. The van der Waals surface area contributed by atoms with Crippen LogP contribution in [0.15, 0.2) is 163 Å². The van der Waals surface area contributed by atoms with Crippen LogP contribution in [0.4, 0.5) is 4.39 Å². The van der Waals surface area contributed by atoms with Gasteiger partial charge in [-0.2, -0.15) is 0 Å². The van der Waals surface area contributed by atoms with E-state index in [2.05, 4.69) is 26.0 Å². The SMILES string of the molecule is CC(C(=O)O)c1ccc(C(=O)c2cccs2)cc1.COc1ccc2c(c1)c(CC(=O)O)c(C)n2C(=O)c1ccc(Cl)cc1.Cc1ccc(Cc2c(F)cccc2Cl)c(CC(=O)O)c1.Cc1cccc(Cc2ccccc2C(=O)O)c1C. The smallest absolute Gasteiger partial charge is 0.335 e. The lowest BCUT2D eigenvalue weighted by Gasteiger charge is -2.11. The van der Waals surface area contributed by atoms with Crippen molar-refractivity contribution in [2.45, 2.75) is 66.2 Å². The average Bonchev–Trinajstić information content (AvgIpc) is 4.14. The standard InChI is InChI=1S/C19H16ClNO4.C16H14ClFO2.C16H16O2.C14H12O3S/c1-11-15(10-18(22)23)16-9-14(25-2)7-8-17(16)21(11)19(24)12-3-5-13(20)6-4-12;1-10-5-6-11(12(7-10)9-16(19)20)8-13-14(17)3-2-4-15(13)18;1-11-6-5-8-13(12(11)2)10-14-7-3-4-9-15(14)16(17)18;1-9(14(16)17)10-4-6-11(7-5-10)13(15)12-3-2-8-18-12/h3-9H,10H2,1-2H3,(H,22,23);2-7H,8-9H2,1H3,(H,19,20);3-9H,10H2,1-2H3,(H,17,18);2-9H,1H3,(H,16,17). The van der Waals surface area contributed by atoms with Crippen molar-refractivity contribution in [3.05, 3.63) is 262 Å². The van der Waals surface area contributed by atoms with Crippen LogP contribution in [0.25, 0.3) is 10.9 Å². The first-order valence-electron chi connectivity index (χ1n) is 25.3. The average molecular weight is 1150 g/mol. The Morgan fingerprint density at radius 1 is 0.630 bits per heavy atom. The summed E-state index contributed by atoms with van der Waals surface area (Å²) < 4.78 is 20.6. The molecule has 2 heterocycles. The van der Waals surface area contributed by atoms with Crippen LogP contribution < -0.4 is 4.74 Å². The zero-order valence-corrected chi connectivity index (χ0v) is 47.5. The number of nitrogens with zero attached hydrogens (tertiary/aromatic N) is 1. The molecule has 81 heavy (non-hydrogen) atoms. The van der Waals surface area contributed by atoms with Crippen LogP contribution >= 0.6 is 34.5 Å². The Hall–Kier alpha value is -8.69. The molecule has 0 aliphatic rings. The summed E-state index contributed by atoms with van der Waals surface area (Å²) in [6.45, 7) is 9.41. The summed E-state index contributed by atoms with van der Waals surface area (Å²) in [4.78, 5) is 69.9. The molecular weight excluding hydrogens is 1090 g/mol. The Morgan fingerprint density at radius 2 is 1.28 bits per heavy atom. The zero-order valence-electron chi connectivity index (χ0n) is 45.1. The molecule has 12 nitrogen and oxygen atoms in total. The van der Waals surface area contributed by atoms with Crippen LogP contribution in [0.5, 0.6) is 5.75 Å². The second-order valence-corrected chi connectivity index (χ2v) is 20.7. The van der Waals surface area contributed by atoms with E-state index in [1.165, 1.54) is 38.7 Å². The summed E-state index contributed by atoms with van der Waals surface area (Å²) in [5, 5.41) is 39.7. The summed E-state index contributed by atoms with van der Waals surface area (Å²) in [6, 6.07) is 45.6. The van der Waals surface area contributed by atoms with Gasteiger partial charge in [0.05, 0.1) is 41.8 Å². The second kappa shape index (κ2) is 28.5. The number of hydrogen-bond donors (Lipinski definition) is 4. The van der Waals surface area contributed by atoms with Crippen molar-refractivity contribution in [2.24, 2.45) is 0 Å². The molecule has 0 radical (unpaired) electrons. The summed E-state index contributed by atoms with van der Waals surface area (Å²) >= 11 is 13.3. The number of carbonyl (C=O) groups excluding carboxylic acids is 2. The number of methoxy groups -OCH3 is 1. The number of aromatic nitrogens is 1. The first kappa shape index (κ1) is 61.5. The van der Waals surface area contributed by atoms with Crippen molar-refractivity contribution in [3.8, 4) is 5.75 Å². The monoisotopic (exact) mass is 1150 g/mol. The lowest BCUT2D eigenvalue weighted by atomic mass is 9.95. The van der Waals surface area contributed by atoms with Crippen LogP contribution in [0.3, 0.4) is 0 Å². The summed E-state index contributed by atoms with van der Waals surface area (Å²) in [5.74, 6) is -4.19. The van der Waals surface area contributed by atoms with Crippen molar-refractivity contribution in [3.63, 3.8) is 0 Å². The molecule has 2 aromatic heterocycles. The molecule has 1 unspecified atom stereocenters. The van der Waals surface area contributed by atoms with Gasteiger partial charge in [-0.15, -0.1) is 11.3 Å². The Kier molecular flexibility index (Phi) is 21.6. The molecule has 9 aromatic rings. The maximum Gasteiger partial charge on any atom is 0.335 e. The number of aryl methyl sites for hydroxylation is 2. The fraction of sp³-hybridized carbons (Fsp3) is 0.169. The highest BCUT2D eigenvalue weighted by Gasteiger charge is 2.22. The minimum atomic E-state index is -0.955. The van der Waals surface area contributed by atoms with Gasteiger partial charge in [0.2, 0.25) is 5.78 Å². The van der Waals surface area contributed by atoms with Gasteiger partial charge in [-0.1, -0.05) is 120 Å². The Bertz CT molecular complexity index is 3720. The number of aliphatic carboxylic acids is 3. The number of carbonyl (C=O) groups is 6. The molecule has 0 amide bonds. The Labute approximate surface area is 482 Å². The van der Waals surface area contributed by atoms with E-state index in [0.717, 1.165) is 16.7 Å². The van der Waals surface area contributed by atoms with Crippen LogP contribution in [0, 0.1) is 33.5 Å². The van der Waals surface area contributed by atoms with Crippen LogP contribution in [0.2, 0.25) is 10.0 Å². The molecule has 0 bridgehead atoms. The van der Waals surface area contributed by atoms with Crippen LogP contribution in [0.1, 0.15) is 110 Å². The van der Waals surface area contributed by atoms with E-state index < -0.39 is 29.8 Å². The minimum absolute atomic E-state index is 0.0282. The van der Waals surface area contributed by atoms with E-state index in [-0.39, 0.29) is 36.8 Å². The molecule has 0 saturated heterocycles. The maximum atomic E-state index is 13.8. The number of carboxylic acid groups (broad SMARTS) is 4. The van der Waals surface area contributed by atoms with Gasteiger partial charge in [0, 0.05) is 44.2 Å². The zero-order chi connectivity index (χ0) is 59.1. The van der Waals surface area contributed by atoms with Gasteiger partial charge in [0.15, 0.2) is 0 Å². The normalized spacial score (nSPS) is 10.9. The largest absolute Gasteiger partial charge is 0.497 e. The van der Waals surface area contributed by atoms with Crippen molar-refractivity contribution < 1.29 is 58.3 Å². The van der Waals surface area contributed by atoms with Gasteiger partial charge >= 0.3 is 23.9 Å². The fourth-order valence-electron chi connectivity index (χ4n) is 8.80. The fourth-order valence-corrected chi connectivity index (χ4v) is 9.84. The minimum Gasteiger partial charge on any atom is -0.497 e. The van der Waals surface area contributed by atoms with Gasteiger partial charge in [0.25, 0.3) is 5.91 Å². The van der Waals surface area contributed by atoms with Crippen molar-refractivity contribution in [1.82, 2.24) is 4.57 Å². The van der Waals surface area contributed by atoms with Gasteiger partial charge in [-0.05, 0) is 158 Å². The van der Waals surface area contributed by atoms with Gasteiger partial charge in [0.1, 0.15) is 11.6 Å². The molecule has 0 spiro atoms. The lowest BCUT2D eigenvalue weighted by Crippen LogP contribution is -2.14. The van der Waals surface area contributed by atoms with Crippen LogP contribution in [-0.2, 0) is 40.1 Å². The summed E-state index contributed by atoms with van der Waals surface area (Å²) in [5.41, 5.74) is 11.4. The topological polar surface area (TPSA) is 197 Å². The van der Waals surface area contributed by atoms with Crippen molar-refractivity contribution in [1.29, 1.82) is 0 Å². The number of rotatable bonds is 15. The number of fused-ring (bicyclic) bond motifs is 1. The molecule has 0 saturated carbocycles. The number of benzene rings is 7. The number of hydrogen-bond acceptors (Lipinski definition) is 8. The van der Waals surface area contributed by atoms with E-state index in [4.69, 9.17) is 43.3 Å². The number of ether oxygens (including phenoxy) is 1. The quantitative estimate of drug-likeness (QED) is 0.0713. The Balaban J connectivity index is 0.000000176. The second-order valence-electron chi connectivity index (χ2n) is 18.9. The molecule has 4 N–H and O–H groups in total. The first-order chi connectivity index (χ1) is 38.6. The predicted octanol–water partition coefficient (Wildman–Crippen LogP) is 14.7. The van der Waals surface area contributed by atoms with Gasteiger partial charge < -0.3 is 25.2 Å². The van der Waals surface area contributed by atoms with Crippen LogP contribution in [-0.4, -0.2) is 67.7 Å². The van der Waals surface area contributed by atoms with E-state index in [9.17, 15) is 38.3 Å². The highest BCUT2D eigenvalue weighted by atomic mass is 35.5. The number of ketones is 1. The van der Waals surface area contributed by atoms with E-state index in [1.54, 1.807) is 118 Å². The maximum absolute atomic E-state index is 13.8. The number of halogens is 3. The number of carboxylic acids is 4. The van der Waals surface area contributed by atoms with Gasteiger partial charge in [-0.3, -0.25) is 28.5 Å². The molecule has 9 rings (SSSR count). The highest BCUT2D eigenvalue weighted by molar-refractivity contribution is 7.12. The summed E-state index contributed by atoms with van der Waals surface area (Å²) in [7, 11) is 1.54. The molecule has 0 aliphatic carbocycles. The van der Waals surface area contributed by atoms with E-state index in [1.807, 2.05) is 54.8 Å². The Morgan fingerprint density at radius 3 is 1.90 bits per heavy atom. The molecule has 0 fully saturated rings. The molecule has 416 valence electrons.